The lowest BCUT2D eigenvalue weighted by Gasteiger charge is -2.20. The van der Waals surface area contributed by atoms with E-state index in [1.54, 1.807) is 23.2 Å². The lowest BCUT2D eigenvalue weighted by Crippen LogP contribution is -2.30. The van der Waals surface area contributed by atoms with Crippen molar-refractivity contribution in [3.63, 3.8) is 0 Å². The van der Waals surface area contributed by atoms with Gasteiger partial charge in [0.15, 0.2) is 5.13 Å². The van der Waals surface area contributed by atoms with Gasteiger partial charge in [0.25, 0.3) is 5.91 Å². The first kappa shape index (κ1) is 21.8. The fraction of sp³-hybridized carbons (Fsp3) is 0.107. The van der Waals surface area contributed by atoms with Gasteiger partial charge in [-0.25, -0.2) is 4.98 Å². The Balaban J connectivity index is 1.47. The molecule has 34 heavy (non-hydrogen) atoms. The van der Waals surface area contributed by atoms with E-state index in [0.29, 0.717) is 23.0 Å². The Kier molecular flexibility index (Phi) is 6.06. The number of hydrogen-bond donors (Lipinski definition) is 0. The van der Waals surface area contributed by atoms with Crippen LogP contribution in [0.1, 0.15) is 27.2 Å². The molecule has 6 heteroatoms. The van der Waals surface area contributed by atoms with Crippen LogP contribution in [-0.4, -0.2) is 15.9 Å². The summed E-state index contributed by atoms with van der Waals surface area (Å²) in [6.45, 7) is 4.47. The molecule has 0 radical (unpaired) electrons. The maximum absolute atomic E-state index is 13.7. The number of anilines is 1. The monoisotopic (exact) mass is 465 g/mol. The van der Waals surface area contributed by atoms with Crippen molar-refractivity contribution in [2.75, 3.05) is 4.90 Å². The van der Waals surface area contributed by atoms with E-state index >= 15 is 0 Å². The summed E-state index contributed by atoms with van der Waals surface area (Å²) in [7, 11) is 0. The Morgan fingerprint density at radius 3 is 2.35 bits per heavy atom. The number of rotatable bonds is 6. The molecule has 0 N–H and O–H groups in total. The minimum absolute atomic E-state index is 0.134. The van der Waals surface area contributed by atoms with Crippen molar-refractivity contribution in [2.24, 2.45) is 0 Å². The zero-order valence-corrected chi connectivity index (χ0v) is 19.8. The molecule has 5 rings (SSSR count). The quantitative estimate of drug-likeness (QED) is 0.272. The molecule has 0 fully saturated rings. The van der Waals surface area contributed by atoms with Crippen LogP contribution < -0.4 is 9.64 Å². The largest absolute Gasteiger partial charge is 0.457 e. The Labute approximate surface area is 202 Å². The normalized spacial score (nSPS) is 10.9. The topological polar surface area (TPSA) is 55.3 Å². The van der Waals surface area contributed by atoms with Crippen LogP contribution >= 0.6 is 11.3 Å². The van der Waals surface area contributed by atoms with Crippen molar-refractivity contribution in [1.29, 1.82) is 0 Å². The third kappa shape index (κ3) is 4.54. The first-order chi connectivity index (χ1) is 16.6. The van der Waals surface area contributed by atoms with Crippen LogP contribution in [0.25, 0.3) is 10.2 Å². The predicted octanol–water partition coefficient (Wildman–Crippen LogP) is 6.95. The van der Waals surface area contributed by atoms with Gasteiger partial charge < -0.3 is 4.74 Å². The number of nitrogens with zero attached hydrogens (tertiary/aromatic N) is 3. The third-order valence-corrected chi connectivity index (χ3v) is 6.72. The smallest absolute Gasteiger partial charge is 0.260 e. The second kappa shape index (κ2) is 9.45. The van der Waals surface area contributed by atoms with E-state index in [-0.39, 0.29) is 5.91 Å². The second-order valence-corrected chi connectivity index (χ2v) is 9.01. The number of ether oxygens (including phenoxy) is 1. The van der Waals surface area contributed by atoms with Crippen LogP contribution in [0.5, 0.6) is 11.5 Å². The lowest BCUT2D eigenvalue weighted by molar-refractivity contribution is 0.0985. The van der Waals surface area contributed by atoms with Gasteiger partial charge >= 0.3 is 0 Å². The Bertz CT molecular complexity index is 1430. The average Bonchev–Trinajstić information content (AvgIpc) is 3.31. The number of carbonyl (C=O) groups excluding carboxylic acids is 1. The van der Waals surface area contributed by atoms with Crippen molar-refractivity contribution < 1.29 is 9.53 Å². The minimum atomic E-state index is -0.134. The van der Waals surface area contributed by atoms with Gasteiger partial charge in [-0.1, -0.05) is 41.7 Å². The molecule has 0 unspecified atom stereocenters. The molecule has 0 aliphatic carbocycles. The van der Waals surface area contributed by atoms with Crippen molar-refractivity contribution in [3.8, 4) is 11.5 Å². The maximum Gasteiger partial charge on any atom is 0.260 e. The first-order valence-corrected chi connectivity index (χ1v) is 11.8. The summed E-state index contributed by atoms with van der Waals surface area (Å²) in [5.41, 5.74) is 4.61. The summed E-state index contributed by atoms with van der Waals surface area (Å²) in [5.74, 6) is 1.29. The van der Waals surface area contributed by atoms with Crippen LogP contribution in [0.4, 0.5) is 5.13 Å². The molecular weight excluding hydrogens is 442 g/mol. The number of amides is 1. The molecule has 0 saturated carbocycles. The summed E-state index contributed by atoms with van der Waals surface area (Å²) >= 11 is 1.52. The summed E-state index contributed by atoms with van der Waals surface area (Å²) in [6, 6.07) is 26.6. The van der Waals surface area contributed by atoms with E-state index in [0.717, 1.165) is 27.2 Å². The summed E-state index contributed by atoms with van der Waals surface area (Å²) in [5, 5.41) is 0.656. The zero-order chi connectivity index (χ0) is 23.5. The lowest BCUT2D eigenvalue weighted by atomic mass is 10.1. The number of carbonyl (C=O) groups is 1. The highest BCUT2D eigenvalue weighted by Gasteiger charge is 2.23. The highest BCUT2D eigenvalue weighted by atomic mass is 32.1. The van der Waals surface area contributed by atoms with Crippen LogP contribution in [-0.2, 0) is 6.54 Å². The van der Waals surface area contributed by atoms with Crippen molar-refractivity contribution in [1.82, 2.24) is 9.97 Å². The van der Waals surface area contributed by atoms with Crippen LogP contribution in [0.3, 0.4) is 0 Å². The van der Waals surface area contributed by atoms with Gasteiger partial charge in [0.1, 0.15) is 11.5 Å². The number of fused-ring (bicyclic) bond motifs is 1. The van der Waals surface area contributed by atoms with Crippen molar-refractivity contribution in [2.45, 2.75) is 20.4 Å². The highest BCUT2D eigenvalue weighted by molar-refractivity contribution is 7.22. The molecule has 0 aliphatic rings. The molecule has 2 aromatic heterocycles. The zero-order valence-electron chi connectivity index (χ0n) is 18.9. The highest BCUT2D eigenvalue weighted by Crippen LogP contribution is 2.33. The average molecular weight is 466 g/mol. The van der Waals surface area contributed by atoms with Crippen LogP contribution in [0, 0.1) is 13.8 Å². The molecular formula is C28H23N3O2S. The number of pyridine rings is 1. The van der Waals surface area contributed by atoms with Crippen LogP contribution in [0.2, 0.25) is 0 Å². The molecule has 5 aromatic rings. The Morgan fingerprint density at radius 1 is 0.882 bits per heavy atom. The number of aryl methyl sites for hydroxylation is 2. The predicted molar refractivity (Wildman–Crippen MR) is 137 cm³/mol. The van der Waals surface area contributed by atoms with E-state index in [1.165, 1.54) is 16.9 Å². The van der Waals surface area contributed by atoms with Gasteiger partial charge in [-0.05, 0) is 79.6 Å². The van der Waals surface area contributed by atoms with E-state index in [4.69, 9.17) is 9.72 Å². The molecule has 3 aromatic carbocycles. The number of hydrogen-bond acceptors (Lipinski definition) is 5. The summed E-state index contributed by atoms with van der Waals surface area (Å²) < 4.78 is 6.93. The second-order valence-electron chi connectivity index (χ2n) is 8.00. The van der Waals surface area contributed by atoms with E-state index < -0.39 is 0 Å². The first-order valence-electron chi connectivity index (χ1n) is 11.0. The summed E-state index contributed by atoms with van der Waals surface area (Å²) in [4.78, 5) is 24.7. The fourth-order valence-electron chi connectivity index (χ4n) is 3.66. The molecule has 0 bridgehead atoms. The number of benzene rings is 3. The fourth-order valence-corrected chi connectivity index (χ4v) is 4.68. The van der Waals surface area contributed by atoms with E-state index in [1.807, 2.05) is 60.7 Å². The third-order valence-electron chi connectivity index (χ3n) is 5.68. The minimum Gasteiger partial charge on any atom is -0.457 e. The molecule has 0 spiro atoms. The molecule has 5 nitrogen and oxygen atoms in total. The molecule has 0 saturated heterocycles. The maximum atomic E-state index is 13.7. The van der Waals surface area contributed by atoms with Gasteiger partial charge in [0, 0.05) is 11.8 Å². The molecule has 2 heterocycles. The standard InChI is InChI=1S/C28H23N3O2S/c1-19-11-16-25-26(20(19)2)30-28(34-25)31(18-22-8-6-7-17-29-22)27(32)21-12-14-24(15-13-21)33-23-9-4-3-5-10-23/h3-17H,18H2,1-2H3. The van der Waals surface area contributed by atoms with Crippen molar-refractivity contribution >= 4 is 32.6 Å². The van der Waals surface area contributed by atoms with E-state index in [2.05, 4.69) is 31.0 Å². The summed E-state index contributed by atoms with van der Waals surface area (Å²) in [6.07, 6.45) is 1.74. The molecule has 168 valence electrons. The van der Waals surface area contributed by atoms with Gasteiger partial charge in [0.05, 0.1) is 22.5 Å². The molecule has 0 aliphatic heterocycles. The number of thiazole rings is 1. The Morgan fingerprint density at radius 2 is 1.62 bits per heavy atom. The number of aromatic nitrogens is 2. The van der Waals surface area contributed by atoms with E-state index in [9.17, 15) is 4.79 Å². The Hall–Kier alpha value is -4.03. The van der Waals surface area contributed by atoms with Crippen molar-refractivity contribution in [3.05, 3.63) is 114 Å². The van der Waals surface area contributed by atoms with Gasteiger partial charge in [-0.15, -0.1) is 0 Å². The number of para-hydroxylation sites is 1. The van der Waals surface area contributed by atoms with Crippen LogP contribution in [0.15, 0.2) is 91.1 Å². The molecule has 0 atom stereocenters. The van der Waals surface area contributed by atoms with Gasteiger partial charge in [-0.3, -0.25) is 14.7 Å². The van der Waals surface area contributed by atoms with Gasteiger partial charge in [-0.2, -0.15) is 0 Å². The van der Waals surface area contributed by atoms with Gasteiger partial charge in [0.2, 0.25) is 0 Å². The molecule has 1 amide bonds. The SMILES string of the molecule is Cc1ccc2sc(N(Cc3ccccn3)C(=O)c3ccc(Oc4ccccc4)cc3)nc2c1C.